The first-order chi connectivity index (χ1) is 7.11. The minimum atomic E-state index is -0.269. The maximum Gasteiger partial charge on any atom is 0.176 e. The van der Waals surface area contributed by atoms with Crippen LogP contribution >= 0.6 is 15.9 Å². The number of Topliss-reactive ketones (excluding diaryl/α,β-unsaturated/α-hetero) is 1. The summed E-state index contributed by atoms with van der Waals surface area (Å²) in [5, 5.41) is 9.21. The SMILES string of the molecule is COc1cccc(C(=O)C(C)Br)c1CO. The summed E-state index contributed by atoms with van der Waals surface area (Å²) in [6.07, 6.45) is 0. The number of hydrogen-bond donors (Lipinski definition) is 1. The second kappa shape index (κ2) is 5.28. The van der Waals surface area contributed by atoms with Crippen molar-refractivity contribution < 1.29 is 14.6 Å². The summed E-state index contributed by atoms with van der Waals surface area (Å²) in [6, 6.07) is 5.15. The van der Waals surface area contributed by atoms with Crippen molar-refractivity contribution in [2.24, 2.45) is 0 Å². The molecule has 0 saturated heterocycles. The van der Waals surface area contributed by atoms with Crippen LogP contribution in [-0.4, -0.2) is 22.8 Å². The van der Waals surface area contributed by atoms with Crippen molar-refractivity contribution in [3.63, 3.8) is 0 Å². The highest BCUT2D eigenvalue weighted by Crippen LogP contribution is 2.24. The number of aliphatic hydroxyl groups excluding tert-OH is 1. The first kappa shape index (κ1) is 12.2. The van der Waals surface area contributed by atoms with Gasteiger partial charge in [-0.1, -0.05) is 28.1 Å². The molecule has 4 heteroatoms. The molecule has 15 heavy (non-hydrogen) atoms. The van der Waals surface area contributed by atoms with Gasteiger partial charge in [0.05, 0.1) is 18.5 Å². The smallest absolute Gasteiger partial charge is 0.176 e. The zero-order chi connectivity index (χ0) is 11.4. The molecule has 1 rings (SSSR count). The summed E-state index contributed by atoms with van der Waals surface area (Å²) >= 11 is 3.21. The second-order valence-electron chi connectivity index (χ2n) is 3.12. The van der Waals surface area contributed by atoms with Crippen LogP contribution in [0.5, 0.6) is 5.75 Å². The molecule has 0 heterocycles. The van der Waals surface area contributed by atoms with E-state index in [1.807, 2.05) is 0 Å². The molecule has 0 aliphatic heterocycles. The number of hydrogen-bond acceptors (Lipinski definition) is 3. The molecule has 0 aromatic heterocycles. The van der Waals surface area contributed by atoms with Gasteiger partial charge in [0.1, 0.15) is 5.75 Å². The van der Waals surface area contributed by atoms with E-state index in [1.165, 1.54) is 7.11 Å². The van der Waals surface area contributed by atoms with Gasteiger partial charge in [-0.15, -0.1) is 0 Å². The number of carbonyl (C=O) groups is 1. The van der Waals surface area contributed by atoms with Crippen molar-refractivity contribution in [3.8, 4) is 5.75 Å². The van der Waals surface area contributed by atoms with Crippen LogP contribution in [0.4, 0.5) is 0 Å². The minimum absolute atomic E-state index is 0.0575. The van der Waals surface area contributed by atoms with E-state index < -0.39 is 0 Å². The van der Waals surface area contributed by atoms with Crippen molar-refractivity contribution in [2.45, 2.75) is 18.4 Å². The average Bonchev–Trinajstić information content (AvgIpc) is 2.26. The first-order valence-electron chi connectivity index (χ1n) is 4.56. The lowest BCUT2D eigenvalue weighted by Gasteiger charge is -2.11. The molecule has 82 valence electrons. The molecule has 0 aliphatic carbocycles. The van der Waals surface area contributed by atoms with Crippen LogP contribution in [0, 0.1) is 0 Å². The molecule has 1 unspecified atom stereocenters. The maximum absolute atomic E-state index is 11.8. The summed E-state index contributed by atoms with van der Waals surface area (Å²) in [6.45, 7) is 1.55. The number of ketones is 1. The van der Waals surface area contributed by atoms with Crippen LogP contribution in [0.15, 0.2) is 18.2 Å². The molecule has 1 aromatic rings. The molecule has 0 bridgehead atoms. The Morgan fingerprint density at radius 3 is 2.73 bits per heavy atom. The van der Waals surface area contributed by atoms with E-state index >= 15 is 0 Å². The number of ether oxygens (including phenoxy) is 1. The van der Waals surface area contributed by atoms with Gasteiger partial charge in [-0.2, -0.15) is 0 Å². The van der Waals surface area contributed by atoms with Crippen LogP contribution in [0.3, 0.4) is 0 Å². The van der Waals surface area contributed by atoms with Crippen molar-refractivity contribution in [1.82, 2.24) is 0 Å². The summed E-state index contributed by atoms with van der Waals surface area (Å²) in [7, 11) is 1.51. The molecular weight excluding hydrogens is 260 g/mol. The molecule has 0 saturated carbocycles. The Balaban J connectivity index is 3.23. The van der Waals surface area contributed by atoms with Gasteiger partial charge in [-0.05, 0) is 13.0 Å². The van der Waals surface area contributed by atoms with E-state index in [2.05, 4.69) is 15.9 Å². The molecule has 1 atom stereocenters. The summed E-state index contributed by atoms with van der Waals surface area (Å²) < 4.78 is 5.08. The van der Waals surface area contributed by atoms with Gasteiger partial charge in [0.25, 0.3) is 0 Å². The number of alkyl halides is 1. The maximum atomic E-state index is 11.8. The number of halogens is 1. The Morgan fingerprint density at radius 1 is 1.60 bits per heavy atom. The third kappa shape index (κ3) is 2.58. The standard InChI is InChI=1S/C11H13BrO3/c1-7(12)11(14)8-4-3-5-10(15-2)9(8)6-13/h3-5,7,13H,6H2,1-2H3. The monoisotopic (exact) mass is 272 g/mol. The van der Waals surface area contributed by atoms with E-state index in [0.29, 0.717) is 16.9 Å². The first-order valence-corrected chi connectivity index (χ1v) is 5.48. The van der Waals surface area contributed by atoms with Gasteiger partial charge >= 0.3 is 0 Å². The molecule has 1 aromatic carbocycles. The Kier molecular flexibility index (Phi) is 4.29. The normalized spacial score (nSPS) is 12.3. The number of methoxy groups -OCH3 is 1. The van der Waals surface area contributed by atoms with Crippen molar-refractivity contribution in [3.05, 3.63) is 29.3 Å². The quantitative estimate of drug-likeness (QED) is 0.675. The van der Waals surface area contributed by atoms with Crippen molar-refractivity contribution in [2.75, 3.05) is 7.11 Å². The van der Waals surface area contributed by atoms with Gasteiger partial charge in [0.15, 0.2) is 5.78 Å². The number of aliphatic hydroxyl groups is 1. The Morgan fingerprint density at radius 2 is 2.27 bits per heavy atom. The molecular formula is C11H13BrO3. The van der Waals surface area contributed by atoms with Crippen LogP contribution in [0.1, 0.15) is 22.8 Å². The highest BCUT2D eigenvalue weighted by atomic mass is 79.9. The van der Waals surface area contributed by atoms with Gasteiger partial charge in [0, 0.05) is 11.1 Å². The zero-order valence-corrected chi connectivity index (χ0v) is 10.2. The lowest BCUT2D eigenvalue weighted by atomic mass is 10.0. The minimum Gasteiger partial charge on any atom is -0.496 e. The third-order valence-corrected chi connectivity index (χ3v) is 2.55. The molecule has 0 aliphatic rings. The fraction of sp³-hybridized carbons (Fsp3) is 0.364. The summed E-state index contributed by atoms with van der Waals surface area (Å²) in [4.78, 5) is 11.5. The lowest BCUT2D eigenvalue weighted by molar-refractivity contribution is 0.0992. The van der Waals surface area contributed by atoms with E-state index in [-0.39, 0.29) is 17.2 Å². The molecule has 0 radical (unpaired) electrons. The topological polar surface area (TPSA) is 46.5 Å². The van der Waals surface area contributed by atoms with Crippen molar-refractivity contribution >= 4 is 21.7 Å². The Labute approximate surface area is 97.2 Å². The predicted molar refractivity (Wildman–Crippen MR) is 61.6 cm³/mol. The fourth-order valence-corrected chi connectivity index (χ4v) is 1.61. The highest BCUT2D eigenvalue weighted by molar-refractivity contribution is 9.10. The molecule has 0 spiro atoms. The zero-order valence-electron chi connectivity index (χ0n) is 8.66. The largest absolute Gasteiger partial charge is 0.496 e. The Bertz CT molecular complexity index is 361. The highest BCUT2D eigenvalue weighted by Gasteiger charge is 2.17. The lowest BCUT2D eigenvalue weighted by Crippen LogP contribution is -2.13. The van der Waals surface area contributed by atoms with Crippen molar-refractivity contribution in [1.29, 1.82) is 0 Å². The molecule has 0 amide bonds. The van der Waals surface area contributed by atoms with E-state index in [9.17, 15) is 9.90 Å². The van der Waals surface area contributed by atoms with E-state index in [0.717, 1.165) is 0 Å². The number of benzene rings is 1. The number of rotatable bonds is 4. The average molecular weight is 273 g/mol. The molecule has 1 N–H and O–H groups in total. The molecule has 3 nitrogen and oxygen atoms in total. The van der Waals surface area contributed by atoms with Gasteiger partial charge in [-0.25, -0.2) is 0 Å². The van der Waals surface area contributed by atoms with E-state index in [1.54, 1.807) is 25.1 Å². The van der Waals surface area contributed by atoms with Crippen LogP contribution in [-0.2, 0) is 6.61 Å². The van der Waals surface area contributed by atoms with E-state index in [4.69, 9.17) is 4.74 Å². The van der Waals surface area contributed by atoms with Gasteiger partial charge in [0.2, 0.25) is 0 Å². The summed E-state index contributed by atoms with van der Waals surface area (Å²) in [5.74, 6) is 0.481. The Hall–Kier alpha value is -0.870. The van der Waals surface area contributed by atoms with Crippen LogP contribution in [0.25, 0.3) is 0 Å². The predicted octanol–water partition coefficient (Wildman–Crippen LogP) is 2.15. The third-order valence-electron chi connectivity index (χ3n) is 2.14. The van der Waals surface area contributed by atoms with Crippen LogP contribution < -0.4 is 4.74 Å². The van der Waals surface area contributed by atoms with Crippen LogP contribution in [0.2, 0.25) is 0 Å². The molecule has 0 fully saturated rings. The van der Waals surface area contributed by atoms with Gasteiger partial charge in [-0.3, -0.25) is 4.79 Å². The summed E-state index contributed by atoms with van der Waals surface area (Å²) in [5.41, 5.74) is 1.04. The fourth-order valence-electron chi connectivity index (χ4n) is 1.37. The number of carbonyl (C=O) groups excluding carboxylic acids is 1. The van der Waals surface area contributed by atoms with Gasteiger partial charge < -0.3 is 9.84 Å². The second-order valence-corrected chi connectivity index (χ2v) is 4.50.